The van der Waals surface area contributed by atoms with Gasteiger partial charge in [0.05, 0.1) is 26.4 Å². The first-order valence-electron chi connectivity index (χ1n) is 20.9. The monoisotopic (exact) mass is 699 g/mol. The van der Waals surface area contributed by atoms with E-state index in [0.29, 0.717) is 39.6 Å². The topological polar surface area (TPSA) is 64.6 Å². The molecule has 7 heteroatoms. The predicted octanol–water partition coefficient (Wildman–Crippen LogP) is 12.9. The van der Waals surface area contributed by atoms with Crippen LogP contribution >= 0.6 is 0 Å². The van der Waals surface area contributed by atoms with E-state index in [0.717, 1.165) is 100 Å². The molecule has 0 N–H and O–H groups in total. The molecule has 0 heterocycles. The number of ether oxygens (including phenoxy) is 7. The highest BCUT2D eigenvalue weighted by molar-refractivity contribution is 5.03. The maximum Gasteiger partial charge on any atom is 0.159 e. The van der Waals surface area contributed by atoms with Crippen LogP contribution in [0.15, 0.2) is 23.0 Å². The fraction of sp³-hybridized carbons (Fsp3) is 0.905. The number of unbranched alkanes of at least 4 members (excludes halogenated alkanes) is 16. The summed E-state index contributed by atoms with van der Waals surface area (Å²) in [5, 5.41) is 0. The molecule has 0 aliphatic rings. The van der Waals surface area contributed by atoms with Crippen LogP contribution in [0, 0.1) is 0 Å². The van der Waals surface area contributed by atoms with Crippen LogP contribution in [0.3, 0.4) is 0 Å². The van der Waals surface area contributed by atoms with E-state index in [1.54, 1.807) is 0 Å². The van der Waals surface area contributed by atoms with E-state index in [1.165, 1.54) is 77.0 Å². The van der Waals surface area contributed by atoms with E-state index in [4.69, 9.17) is 33.2 Å². The lowest BCUT2D eigenvalue weighted by Crippen LogP contribution is -2.14. The van der Waals surface area contributed by atoms with Crippen molar-refractivity contribution in [1.29, 1.82) is 0 Å². The second kappa shape index (κ2) is 39.3. The Hall–Kier alpha value is -1.44. The second-order valence-electron chi connectivity index (χ2n) is 13.4. The molecule has 0 aromatic heterocycles. The fourth-order valence-electron chi connectivity index (χ4n) is 5.25. The van der Waals surface area contributed by atoms with Gasteiger partial charge in [-0.25, -0.2) is 0 Å². The first-order chi connectivity index (χ1) is 24.2. The zero-order chi connectivity index (χ0) is 35.9. The standard InChI is InChI=1S/C42H82O7/c1-7-13-19-21-23-25-27-29-39(46-31-15-9-3)41(48-33-17-11-5)35-43-37-45-38-44-36-42(49-34-18-12-6)40(47-32-16-10-4)30-28-26-24-22-20-14-8-2/h7-38H2,1-6H3. The first kappa shape index (κ1) is 47.6. The molecular weight excluding hydrogens is 616 g/mol. The quantitative estimate of drug-likeness (QED) is 0.0358. The van der Waals surface area contributed by atoms with Crippen LogP contribution in [0.5, 0.6) is 0 Å². The van der Waals surface area contributed by atoms with Gasteiger partial charge in [-0.3, -0.25) is 0 Å². The van der Waals surface area contributed by atoms with Crippen molar-refractivity contribution in [1.82, 2.24) is 0 Å². The molecule has 0 bridgehead atoms. The smallest absolute Gasteiger partial charge is 0.159 e. The molecule has 0 rings (SSSR count). The van der Waals surface area contributed by atoms with Gasteiger partial charge >= 0.3 is 0 Å². The van der Waals surface area contributed by atoms with Crippen LogP contribution in [0.4, 0.5) is 0 Å². The Morgan fingerprint density at radius 2 is 0.571 bits per heavy atom. The third kappa shape index (κ3) is 31.1. The molecule has 0 radical (unpaired) electrons. The van der Waals surface area contributed by atoms with Crippen molar-refractivity contribution in [2.24, 2.45) is 0 Å². The Morgan fingerprint density at radius 1 is 0.286 bits per heavy atom. The number of rotatable bonds is 40. The third-order valence-corrected chi connectivity index (χ3v) is 8.53. The second-order valence-corrected chi connectivity index (χ2v) is 13.4. The molecule has 0 saturated carbocycles. The van der Waals surface area contributed by atoms with Crippen LogP contribution in [0.1, 0.15) is 196 Å². The Bertz CT molecular complexity index is 677. The number of allylic oxidation sites excluding steroid dienone is 2. The van der Waals surface area contributed by atoms with Gasteiger partial charge in [0.15, 0.2) is 11.5 Å². The molecule has 0 atom stereocenters. The van der Waals surface area contributed by atoms with Gasteiger partial charge in [-0.05, 0) is 38.5 Å². The number of hydrogen-bond acceptors (Lipinski definition) is 7. The molecule has 0 unspecified atom stereocenters. The molecule has 7 nitrogen and oxygen atoms in total. The summed E-state index contributed by atoms with van der Waals surface area (Å²) in [6.07, 6.45) is 28.0. The molecule has 0 aromatic carbocycles. The van der Waals surface area contributed by atoms with E-state index in [-0.39, 0.29) is 13.6 Å². The van der Waals surface area contributed by atoms with Crippen LogP contribution in [0.25, 0.3) is 0 Å². The van der Waals surface area contributed by atoms with Crippen LogP contribution in [0.2, 0.25) is 0 Å². The number of hydrogen-bond donors (Lipinski definition) is 0. The Labute approximate surface area is 304 Å². The van der Waals surface area contributed by atoms with Gasteiger partial charge in [0.2, 0.25) is 0 Å². The first-order valence-corrected chi connectivity index (χ1v) is 20.9. The molecule has 49 heavy (non-hydrogen) atoms. The van der Waals surface area contributed by atoms with Crippen molar-refractivity contribution in [3.8, 4) is 0 Å². The maximum atomic E-state index is 6.28. The Kier molecular flexibility index (Phi) is 38.2. The minimum absolute atomic E-state index is 0.119. The van der Waals surface area contributed by atoms with Crippen molar-refractivity contribution < 1.29 is 33.2 Å². The van der Waals surface area contributed by atoms with E-state index in [2.05, 4.69) is 41.5 Å². The Morgan fingerprint density at radius 3 is 0.898 bits per heavy atom. The largest absolute Gasteiger partial charge is 0.494 e. The summed E-state index contributed by atoms with van der Waals surface area (Å²) < 4.78 is 42.7. The summed E-state index contributed by atoms with van der Waals surface area (Å²) in [4.78, 5) is 0. The van der Waals surface area contributed by atoms with Crippen LogP contribution in [-0.4, -0.2) is 53.2 Å². The van der Waals surface area contributed by atoms with E-state index >= 15 is 0 Å². The summed E-state index contributed by atoms with van der Waals surface area (Å²) in [6, 6.07) is 0. The highest BCUT2D eigenvalue weighted by atomic mass is 16.7. The summed E-state index contributed by atoms with van der Waals surface area (Å²) in [7, 11) is 0. The summed E-state index contributed by atoms with van der Waals surface area (Å²) in [5.74, 6) is 3.53. The fourth-order valence-corrected chi connectivity index (χ4v) is 5.25. The highest BCUT2D eigenvalue weighted by Crippen LogP contribution is 2.21. The molecule has 0 spiro atoms. The summed E-state index contributed by atoms with van der Waals surface area (Å²) in [5.41, 5.74) is 0. The minimum Gasteiger partial charge on any atom is -0.494 e. The highest BCUT2D eigenvalue weighted by Gasteiger charge is 2.14. The Balaban J connectivity index is 5.13. The average Bonchev–Trinajstić information content (AvgIpc) is 3.11. The van der Waals surface area contributed by atoms with Crippen molar-refractivity contribution in [2.75, 3.05) is 53.2 Å². The molecule has 0 saturated heterocycles. The van der Waals surface area contributed by atoms with Crippen LogP contribution in [-0.2, 0) is 33.2 Å². The summed E-state index contributed by atoms with van der Waals surface area (Å²) >= 11 is 0. The van der Waals surface area contributed by atoms with E-state index in [9.17, 15) is 0 Å². The molecule has 0 amide bonds. The minimum atomic E-state index is 0.119. The van der Waals surface area contributed by atoms with Crippen molar-refractivity contribution in [3.63, 3.8) is 0 Å². The molecule has 292 valence electrons. The van der Waals surface area contributed by atoms with Crippen LogP contribution < -0.4 is 0 Å². The van der Waals surface area contributed by atoms with Gasteiger partial charge in [-0.2, -0.15) is 0 Å². The predicted molar refractivity (Wildman–Crippen MR) is 205 cm³/mol. The van der Waals surface area contributed by atoms with Gasteiger partial charge in [0, 0.05) is 12.8 Å². The molecule has 0 aliphatic carbocycles. The van der Waals surface area contributed by atoms with E-state index in [1.807, 2.05) is 0 Å². The average molecular weight is 699 g/mol. The summed E-state index contributed by atoms with van der Waals surface area (Å²) in [6.45, 7) is 17.0. The zero-order valence-corrected chi connectivity index (χ0v) is 33.5. The SMILES string of the molecule is CCCCCCCCCC(OCCCC)=C(COCOCOCC(OCCCC)=C(CCCCCCCCC)OCCCC)OCCCC. The lowest BCUT2D eigenvalue weighted by Gasteiger charge is -2.19. The molecule has 0 aromatic rings. The van der Waals surface area contributed by atoms with Gasteiger partial charge in [0.25, 0.3) is 0 Å². The lowest BCUT2D eigenvalue weighted by atomic mass is 10.1. The van der Waals surface area contributed by atoms with Crippen molar-refractivity contribution in [2.45, 2.75) is 196 Å². The molecule has 0 aliphatic heterocycles. The van der Waals surface area contributed by atoms with E-state index < -0.39 is 0 Å². The van der Waals surface area contributed by atoms with Gasteiger partial charge < -0.3 is 33.2 Å². The maximum absolute atomic E-state index is 6.28. The molecular formula is C42H82O7. The van der Waals surface area contributed by atoms with Gasteiger partial charge in [0.1, 0.15) is 38.3 Å². The zero-order valence-electron chi connectivity index (χ0n) is 33.5. The van der Waals surface area contributed by atoms with Gasteiger partial charge in [-0.15, -0.1) is 0 Å². The molecule has 0 fully saturated rings. The van der Waals surface area contributed by atoms with Crippen molar-refractivity contribution in [3.05, 3.63) is 23.0 Å². The van der Waals surface area contributed by atoms with Gasteiger partial charge in [-0.1, -0.05) is 144 Å². The third-order valence-electron chi connectivity index (χ3n) is 8.53. The normalized spacial score (nSPS) is 12.5. The lowest BCUT2D eigenvalue weighted by molar-refractivity contribution is -0.132. The van der Waals surface area contributed by atoms with Crippen molar-refractivity contribution >= 4 is 0 Å².